The van der Waals surface area contributed by atoms with Gasteiger partial charge in [-0.1, -0.05) is 34.1 Å². The first-order valence-electron chi connectivity index (χ1n) is 7.99. The molecular weight excluding hydrogens is 252 g/mol. The zero-order chi connectivity index (χ0) is 15.3. The molecule has 3 aliphatic rings. The summed E-state index contributed by atoms with van der Waals surface area (Å²) < 4.78 is 0. The summed E-state index contributed by atoms with van der Waals surface area (Å²) in [6, 6.07) is 0. The highest BCUT2D eigenvalue weighted by Gasteiger charge is 2.66. The predicted octanol–water partition coefficient (Wildman–Crippen LogP) is 3.56. The molecule has 3 heteroatoms. The molecule has 0 radical (unpaired) electrons. The second-order valence-corrected chi connectivity index (χ2v) is 8.23. The van der Waals surface area contributed by atoms with E-state index in [0.717, 1.165) is 24.7 Å². The fourth-order valence-corrected chi connectivity index (χ4v) is 5.78. The Morgan fingerprint density at radius 3 is 2.25 bits per heavy atom. The smallest absolute Gasteiger partial charge is 0.300 e. The Morgan fingerprint density at radius 1 is 1.15 bits per heavy atom. The normalized spacial score (nSPS) is 48.2. The molecule has 116 valence electrons. The second-order valence-electron chi connectivity index (χ2n) is 8.23. The Labute approximate surface area is 122 Å². The van der Waals surface area contributed by atoms with Crippen molar-refractivity contribution in [3.05, 3.63) is 0 Å². The summed E-state index contributed by atoms with van der Waals surface area (Å²) >= 11 is 0. The topological polar surface area (TPSA) is 57.5 Å². The van der Waals surface area contributed by atoms with Crippen LogP contribution in [-0.2, 0) is 4.79 Å². The molecule has 0 aromatic heterocycles. The third-order valence-corrected chi connectivity index (χ3v) is 6.43. The molecule has 3 fully saturated rings. The molecule has 0 bridgehead atoms. The largest absolute Gasteiger partial charge is 0.481 e. The molecule has 0 saturated heterocycles. The SMILES string of the molecule is CC(=O)O.CC1CCC2C1C1C(C)(C)CCC1(C)C2O. The molecule has 3 aliphatic carbocycles. The lowest BCUT2D eigenvalue weighted by Crippen LogP contribution is -2.35. The first-order valence-corrected chi connectivity index (χ1v) is 7.99. The zero-order valence-corrected chi connectivity index (χ0v) is 13.5. The van der Waals surface area contributed by atoms with Crippen molar-refractivity contribution in [1.82, 2.24) is 0 Å². The van der Waals surface area contributed by atoms with E-state index in [2.05, 4.69) is 27.7 Å². The molecule has 0 aliphatic heterocycles. The quantitative estimate of drug-likeness (QED) is 0.714. The molecule has 2 N–H and O–H groups in total. The van der Waals surface area contributed by atoms with E-state index in [9.17, 15) is 5.11 Å². The monoisotopic (exact) mass is 282 g/mol. The van der Waals surface area contributed by atoms with Crippen LogP contribution in [0.4, 0.5) is 0 Å². The van der Waals surface area contributed by atoms with E-state index in [1.807, 2.05) is 0 Å². The van der Waals surface area contributed by atoms with Gasteiger partial charge in [-0.2, -0.15) is 0 Å². The molecule has 6 atom stereocenters. The number of hydrogen-bond acceptors (Lipinski definition) is 2. The van der Waals surface area contributed by atoms with E-state index in [0.29, 0.717) is 11.3 Å². The molecule has 0 heterocycles. The number of aliphatic hydroxyl groups is 1. The first kappa shape index (κ1) is 15.8. The summed E-state index contributed by atoms with van der Waals surface area (Å²) in [5.74, 6) is 2.18. The molecule has 0 aromatic rings. The summed E-state index contributed by atoms with van der Waals surface area (Å²) in [5.41, 5.74) is 0.682. The van der Waals surface area contributed by atoms with Crippen LogP contribution in [0.2, 0.25) is 0 Å². The van der Waals surface area contributed by atoms with Crippen molar-refractivity contribution in [2.45, 2.75) is 66.4 Å². The highest BCUT2D eigenvalue weighted by molar-refractivity contribution is 5.62. The average Bonchev–Trinajstić information content (AvgIpc) is 2.84. The fraction of sp³-hybridized carbons (Fsp3) is 0.941. The molecule has 0 amide bonds. The lowest BCUT2D eigenvalue weighted by molar-refractivity contribution is -0.134. The number of aliphatic hydroxyl groups excluding tert-OH is 1. The van der Waals surface area contributed by atoms with Crippen LogP contribution < -0.4 is 0 Å². The number of carbonyl (C=O) groups is 1. The van der Waals surface area contributed by atoms with Crippen LogP contribution in [0.1, 0.15) is 60.3 Å². The average molecular weight is 282 g/mol. The van der Waals surface area contributed by atoms with Gasteiger partial charge in [-0.15, -0.1) is 0 Å². The van der Waals surface area contributed by atoms with Gasteiger partial charge in [0.2, 0.25) is 0 Å². The van der Waals surface area contributed by atoms with E-state index in [1.54, 1.807) is 0 Å². The summed E-state index contributed by atoms with van der Waals surface area (Å²) in [6.45, 7) is 10.7. The maximum Gasteiger partial charge on any atom is 0.300 e. The Kier molecular flexibility index (Phi) is 3.96. The Bertz CT molecular complexity index is 386. The standard InChI is InChI=1S/C15H26O.C2H4O2/c1-9-5-6-10-11(9)12-14(2,3)7-8-15(12,4)13(10)16;1-2(3)4/h9-13,16H,5-8H2,1-4H3;1H3,(H,3,4). The van der Waals surface area contributed by atoms with Crippen LogP contribution in [0.5, 0.6) is 0 Å². The number of aliphatic carboxylic acids is 1. The van der Waals surface area contributed by atoms with Gasteiger partial charge in [0.1, 0.15) is 0 Å². The van der Waals surface area contributed by atoms with Crippen LogP contribution in [0.15, 0.2) is 0 Å². The second kappa shape index (κ2) is 5.01. The van der Waals surface area contributed by atoms with Crippen molar-refractivity contribution >= 4 is 5.97 Å². The molecule has 0 aromatic carbocycles. The van der Waals surface area contributed by atoms with Gasteiger partial charge in [-0.25, -0.2) is 0 Å². The van der Waals surface area contributed by atoms with Gasteiger partial charge in [0.05, 0.1) is 6.10 Å². The highest BCUT2D eigenvalue weighted by Crippen LogP contribution is 2.69. The van der Waals surface area contributed by atoms with Gasteiger partial charge in [0, 0.05) is 6.92 Å². The minimum Gasteiger partial charge on any atom is -0.481 e. The molecule has 0 spiro atoms. The Hall–Kier alpha value is -0.570. The van der Waals surface area contributed by atoms with Crippen LogP contribution in [-0.4, -0.2) is 22.3 Å². The van der Waals surface area contributed by atoms with Crippen molar-refractivity contribution in [2.75, 3.05) is 0 Å². The fourth-order valence-electron chi connectivity index (χ4n) is 5.78. The molecule has 3 rings (SSSR count). The summed E-state index contributed by atoms with van der Waals surface area (Å²) in [7, 11) is 0. The first-order chi connectivity index (χ1) is 9.11. The van der Waals surface area contributed by atoms with Crippen molar-refractivity contribution in [3.8, 4) is 0 Å². The van der Waals surface area contributed by atoms with E-state index in [1.165, 1.54) is 25.7 Å². The van der Waals surface area contributed by atoms with E-state index in [-0.39, 0.29) is 11.5 Å². The minimum absolute atomic E-state index is 0.0192. The molecular formula is C17H30O3. The number of carboxylic acids is 1. The minimum atomic E-state index is -0.833. The zero-order valence-electron chi connectivity index (χ0n) is 13.5. The van der Waals surface area contributed by atoms with Crippen LogP contribution in [0, 0.1) is 34.5 Å². The number of rotatable bonds is 0. The van der Waals surface area contributed by atoms with Crippen molar-refractivity contribution < 1.29 is 15.0 Å². The summed E-state index contributed by atoms with van der Waals surface area (Å²) in [5, 5.41) is 18.1. The van der Waals surface area contributed by atoms with Crippen LogP contribution in [0.3, 0.4) is 0 Å². The number of hydrogen-bond donors (Lipinski definition) is 2. The molecule has 3 nitrogen and oxygen atoms in total. The van der Waals surface area contributed by atoms with Gasteiger partial charge in [-0.3, -0.25) is 4.79 Å². The third-order valence-electron chi connectivity index (χ3n) is 6.43. The van der Waals surface area contributed by atoms with E-state index >= 15 is 0 Å². The Balaban J connectivity index is 0.000000328. The van der Waals surface area contributed by atoms with Crippen molar-refractivity contribution in [1.29, 1.82) is 0 Å². The number of fused-ring (bicyclic) bond motifs is 3. The van der Waals surface area contributed by atoms with Gasteiger partial charge in [0.25, 0.3) is 5.97 Å². The molecule has 20 heavy (non-hydrogen) atoms. The lowest BCUT2D eigenvalue weighted by atomic mass is 9.67. The Morgan fingerprint density at radius 2 is 1.70 bits per heavy atom. The third kappa shape index (κ3) is 2.28. The predicted molar refractivity (Wildman–Crippen MR) is 79.3 cm³/mol. The summed E-state index contributed by atoms with van der Waals surface area (Å²) in [4.78, 5) is 9.00. The molecule has 6 unspecified atom stereocenters. The maximum atomic E-state index is 10.7. The highest BCUT2D eigenvalue weighted by atomic mass is 16.4. The van der Waals surface area contributed by atoms with Crippen LogP contribution >= 0.6 is 0 Å². The van der Waals surface area contributed by atoms with Gasteiger partial charge < -0.3 is 10.2 Å². The molecule has 3 saturated carbocycles. The maximum absolute atomic E-state index is 10.7. The van der Waals surface area contributed by atoms with E-state index in [4.69, 9.17) is 9.90 Å². The van der Waals surface area contributed by atoms with Gasteiger partial charge >= 0.3 is 0 Å². The lowest BCUT2D eigenvalue weighted by Gasteiger charge is -2.38. The van der Waals surface area contributed by atoms with Crippen molar-refractivity contribution in [2.24, 2.45) is 34.5 Å². The van der Waals surface area contributed by atoms with Crippen molar-refractivity contribution in [3.63, 3.8) is 0 Å². The van der Waals surface area contributed by atoms with Crippen LogP contribution in [0.25, 0.3) is 0 Å². The number of carboxylic acid groups (broad SMARTS) is 1. The van der Waals surface area contributed by atoms with Gasteiger partial charge in [-0.05, 0) is 53.8 Å². The van der Waals surface area contributed by atoms with Gasteiger partial charge in [0.15, 0.2) is 0 Å². The summed E-state index contributed by atoms with van der Waals surface area (Å²) in [6.07, 6.45) is 5.14. The van der Waals surface area contributed by atoms with E-state index < -0.39 is 5.97 Å².